The van der Waals surface area contributed by atoms with Crippen molar-refractivity contribution in [2.75, 3.05) is 22.1 Å². The van der Waals surface area contributed by atoms with E-state index in [-0.39, 0.29) is 24.1 Å². The maximum Gasteiger partial charge on any atom is 0.229 e. The fourth-order valence-electron chi connectivity index (χ4n) is 3.56. The van der Waals surface area contributed by atoms with Gasteiger partial charge in [0.15, 0.2) is 0 Å². The van der Waals surface area contributed by atoms with Gasteiger partial charge >= 0.3 is 0 Å². The van der Waals surface area contributed by atoms with Gasteiger partial charge in [-0.2, -0.15) is 0 Å². The average molecular weight is 408 g/mol. The molecule has 158 valence electrons. The number of rotatable bonds is 6. The summed E-state index contributed by atoms with van der Waals surface area (Å²) < 4.78 is 0. The summed E-state index contributed by atoms with van der Waals surface area (Å²) in [6.07, 6.45) is 0.567. The van der Waals surface area contributed by atoms with Crippen molar-refractivity contribution in [3.63, 3.8) is 0 Å². The normalized spacial score (nSPS) is 16.1. The fraction of sp³-hybridized carbons (Fsp3) is 0.375. The molecular formula is C24H29N3O3. The van der Waals surface area contributed by atoms with Gasteiger partial charge in [0.25, 0.3) is 0 Å². The molecule has 1 heterocycles. The van der Waals surface area contributed by atoms with E-state index in [1.165, 1.54) is 0 Å². The lowest BCUT2D eigenvalue weighted by atomic mass is 10.0. The maximum absolute atomic E-state index is 12.9. The highest BCUT2D eigenvalue weighted by molar-refractivity contribution is 6.04. The minimum Gasteiger partial charge on any atom is -0.326 e. The third-order valence-corrected chi connectivity index (χ3v) is 5.53. The summed E-state index contributed by atoms with van der Waals surface area (Å²) in [5.74, 6) is -0.370. The predicted molar refractivity (Wildman–Crippen MR) is 120 cm³/mol. The molecule has 2 aromatic rings. The lowest BCUT2D eigenvalue weighted by Gasteiger charge is -2.19. The number of nitrogens with one attached hydrogen (secondary N) is 2. The Morgan fingerprint density at radius 2 is 1.77 bits per heavy atom. The second kappa shape index (κ2) is 9.11. The van der Waals surface area contributed by atoms with E-state index in [0.29, 0.717) is 30.3 Å². The summed E-state index contributed by atoms with van der Waals surface area (Å²) in [4.78, 5) is 38.9. The molecule has 6 heteroatoms. The smallest absolute Gasteiger partial charge is 0.229 e. The Morgan fingerprint density at radius 1 is 1.10 bits per heavy atom. The van der Waals surface area contributed by atoms with Crippen molar-refractivity contribution < 1.29 is 14.4 Å². The van der Waals surface area contributed by atoms with Crippen LogP contribution in [0.4, 0.5) is 17.1 Å². The van der Waals surface area contributed by atoms with E-state index in [1.807, 2.05) is 31.2 Å². The van der Waals surface area contributed by atoms with Crippen molar-refractivity contribution >= 4 is 34.8 Å². The summed E-state index contributed by atoms with van der Waals surface area (Å²) in [6, 6.07) is 13.3. The van der Waals surface area contributed by atoms with E-state index < -0.39 is 5.92 Å². The zero-order valence-electron chi connectivity index (χ0n) is 18.0. The molecule has 1 aliphatic rings. The van der Waals surface area contributed by atoms with Crippen LogP contribution in [0.2, 0.25) is 0 Å². The van der Waals surface area contributed by atoms with Crippen LogP contribution in [0.25, 0.3) is 0 Å². The average Bonchev–Trinajstić information content (AvgIpc) is 3.12. The summed E-state index contributed by atoms with van der Waals surface area (Å²) >= 11 is 0. The first-order valence-corrected chi connectivity index (χ1v) is 10.4. The summed E-state index contributed by atoms with van der Waals surface area (Å²) in [6.45, 7) is 8.22. The van der Waals surface area contributed by atoms with Crippen LogP contribution in [-0.2, 0) is 14.4 Å². The quantitative estimate of drug-likeness (QED) is 0.742. The Labute approximate surface area is 177 Å². The third-order valence-electron chi connectivity index (χ3n) is 5.53. The highest BCUT2D eigenvalue weighted by atomic mass is 16.2. The number of carbonyl (C=O) groups is 3. The number of benzene rings is 2. The monoisotopic (exact) mass is 407 g/mol. The van der Waals surface area contributed by atoms with Gasteiger partial charge in [-0.05, 0) is 48.2 Å². The summed E-state index contributed by atoms with van der Waals surface area (Å²) in [7, 11) is 0. The van der Waals surface area contributed by atoms with Crippen LogP contribution in [0.3, 0.4) is 0 Å². The minimum absolute atomic E-state index is 0.0447. The molecule has 0 bridgehead atoms. The third kappa shape index (κ3) is 4.70. The van der Waals surface area contributed by atoms with E-state index in [4.69, 9.17) is 0 Å². The number of hydrogen-bond acceptors (Lipinski definition) is 3. The second-order valence-corrected chi connectivity index (χ2v) is 8.02. The first-order chi connectivity index (χ1) is 14.3. The minimum atomic E-state index is -0.423. The van der Waals surface area contributed by atoms with Crippen molar-refractivity contribution in [3.8, 4) is 0 Å². The number of carbonyl (C=O) groups excluding carboxylic acids is 3. The molecule has 2 aromatic carbocycles. The van der Waals surface area contributed by atoms with Crippen molar-refractivity contribution in [2.45, 2.75) is 46.5 Å². The van der Waals surface area contributed by atoms with Crippen LogP contribution < -0.4 is 15.5 Å². The molecule has 6 nitrogen and oxygen atoms in total. The Kier molecular flexibility index (Phi) is 6.55. The molecule has 3 rings (SSSR count). The number of anilines is 3. The topological polar surface area (TPSA) is 78.5 Å². The molecule has 0 spiro atoms. The molecule has 1 saturated heterocycles. The Balaban J connectivity index is 1.72. The largest absolute Gasteiger partial charge is 0.326 e. The first-order valence-electron chi connectivity index (χ1n) is 10.4. The summed E-state index contributed by atoms with van der Waals surface area (Å²) in [5.41, 5.74) is 4.10. The van der Waals surface area contributed by atoms with Crippen LogP contribution in [0.5, 0.6) is 0 Å². The van der Waals surface area contributed by atoms with Crippen molar-refractivity contribution in [2.24, 2.45) is 5.92 Å². The molecule has 0 aliphatic carbocycles. The van der Waals surface area contributed by atoms with Crippen LogP contribution in [0.1, 0.15) is 50.7 Å². The summed E-state index contributed by atoms with van der Waals surface area (Å²) in [5, 5.41) is 5.78. The van der Waals surface area contributed by atoms with E-state index in [1.54, 1.807) is 30.0 Å². The Bertz CT molecular complexity index is 968. The molecular weight excluding hydrogens is 378 g/mol. The van der Waals surface area contributed by atoms with Crippen molar-refractivity contribution in [3.05, 3.63) is 53.6 Å². The Morgan fingerprint density at radius 3 is 2.43 bits per heavy atom. The molecule has 0 aromatic heterocycles. The van der Waals surface area contributed by atoms with Crippen LogP contribution in [-0.4, -0.2) is 24.3 Å². The lowest BCUT2D eigenvalue weighted by molar-refractivity contribution is -0.122. The fourth-order valence-corrected chi connectivity index (χ4v) is 3.56. The SMILES string of the molecule is CCC(=O)Nc1cccc(NC(=O)[C@H]2CC(=O)N(c3cccc(C(C)C)c3)C2)c1C. The van der Waals surface area contributed by atoms with E-state index in [9.17, 15) is 14.4 Å². The van der Waals surface area contributed by atoms with E-state index in [2.05, 4.69) is 24.5 Å². The van der Waals surface area contributed by atoms with Gasteiger partial charge < -0.3 is 15.5 Å². The lowest BCUT2D eigenvalue weighted by Crippen LogP contribution is -2.28. The molecule has 3 amide bonds. The van der Waals surface area contributed by atoms with E-state index in [0.717, 1.165) is 16.8 Å². The highest BCUT2D eigenvalue weighted by Gasteiger charge is 2.35. The van der Waals surface area contributed by atoms with Crippen molar-refractivity contribution in [1.29, 1.82) is 0 Å². The maximum atomic E-state index is 12.9. The number of nitrogens with zero attached hydrogens (tertiary/aromatic N) is 1. The van der Waals surface area contributed by atoms with Gasteiger partial charge in [0, 0.05) is 36.4 Å². The molecule has 1 aliphatic heterocycles. The van der Waals surface area contributed by atoms with Gasteiger partial charge in [-0.3, -0.25) is 14.4 Å². The molecule has 0 radical (unpaired) electrons. The zero-order chi connectivity index (χ0) is 21.8. The van der Waals surface area contributed by atoms with Crippen LogP contribution in [0.15, 0.2) is 42.5 Å². The van der Waals surface area contributed by atoms with Gasteiger partial charge in [-0.25, -0.2) is 0 Å². The van der Waals surface area contributed by atoms with Gasteiger partial charge in [0.05, 0.1) is 5.92 Å². The molecule has 30 heavy (non-hydrogen) atoms. The second-order valence-electron chi connectivity index (χ2n) is 8.02. The van der Waals surface area contributed by atoms with Crippen LogP contribution >= 0.6 is 0 Å². The molecule has 1 fully saturated rings. The standard InChI is InChI=1S/C24H29N3O3/c1-5-22(28)25-20-10-7-11-21(16(20)4)26-24(30)18-13-23(29)27(14-18)19-9-6-8-17(12-19)15(2)3/h6-12,15,18H,5,13-14H2,1-4H3,(H,25,28)(H,26,30)/t18-/m0/s1. The highest BCUT2D eigenvalue weighted by Crippen LogP contribution is 2.29. The number of hydrogen-bond donors (Lipinski definition) is 2. The van der Waals surface area contributed by atoms with Crippen molar-refractivity contribution in [1.82, 2.24) is 0 Å². The van der Waals surface area contributed by atoms with E-state index >= 15 is 0 Å². The Hall–Kier alpha value is -3.15. The van der Waals surface area contributed by atoms with Gasteiger partial charge in [0.2, 0.25) is 17.7 Å². The molecule has 1 atom stereocenters. The van der Waals surface area contributed by atoms with Gasteiger partial charge in [-0.1, -0.05) is 39.0 Å². The molecule has 0 saturated carbocycles. The number of amides is 3. The first kappa shape index (κ1) is 21.6. The van der Waals surface area contributed by atoms with Gasteiger partial charge in [0.1, 0.15) is 0 Å². The van der Waals surface area contributed by atoms with Gasteiger partial charge in [-0.15, -0.1) is 0 Å². The predicted octanol–water partition coefficient (Wildman–Crippen LogP) is 4.46. The zero-order valence-corrected chi connectivity index (χ0v) is 18.0. The van der Waals surface area contributed by atoms with Crippen LogP contribution in [0, 0.1) is 12.8 Å². The molecule has 0 unspecified atom stereocenters. The molecule has 2 N–H and O–H groups in total.